The largest absolute Gasteiger partial charge is 0.507 e. The molecular formula is C24H21NO5. The van der Waals surface area contributed by atoms with Crippen molar-refractivity contribution < 1.29 is 23.8 Å². The molecule has 0 saturated carbocycles. The number of amides is 1. The summed E-state index contributed by atoms with van der Waals surface area (Å²) in [5.41, 5.74) is 1.23. The number of hydrogen-bond acceptors (Lipinski definition) is 5. The molecule has 1 fully saturated rings. The first-order valence-corrected chi connectivity index (χ1v) is 9.69. The third kappa shape index (κ3) is 3.59. The number of furan rings is 1. The second kappa shape index (κ2) is 8.29. The van der Waals surface area contributed by atoms with Crippen LogP contribution in [-0.2, 0) is 16.1 Å². The predicted molar refractivity (Wildman–Crippen MR) is 111 cm³/mol. The number of rotatable bonds is 6. The molecule has 2 aromatic carbocycles. The summed E-state index contributed by atoms with van der Waals surface area (Å²) in [6.45, 7) is 2.54. The number of Topliss-reactive ketones (excluding diaryl/α,β-unsaturated/α-hetero) is 1. The van der Waals surface area contributed by atoms with Gasteiger partial charge in [0.05, 0.1) is 31.0 Å². The number of nitrogens with zero attached hydrogens (tertiary/aromatic N) is 1. The Balaban J connectivity index is 1.82. The fourth-order valence-corrected chi connectivity index (χ4v) is 3.62. The maximum Gasteiger partial charge on any atom is 0.296 e. The van der Waals surface area contributed by atoms with E-state index in [-0.39, 0.29) is 17.9 Å². The Morgan fingerprint density at radius 3 is 2.40 bits per heavy atom. The highest BCUT2D eigenvalue weighted by atomic mass is 16.5. The summed E-state index contributed by atoms with van der Waals surface area (Å²) in [6.07, 6.45) is 1.52. The molecule has 4 rings (SSSR count). The number of ketones is 1. The molecule has 0 spiro atoms. The van der Waals surface area contributed by atoms with E-state index in [9.17, 15) is 14.7 Å². The van der Waals surface area contributed by atoms with Crippen molar-refractivity contribution >= 4 is 17.4 Å². The minimum atomic E-state index is -0.744. The fraction of sp³-hybridized carbons (Fsp3) is 0.167. The van der Waals surface area contributed by atoms with Crippen molar-refractivity contribution in [3.05, 3.63) is 95.5 Å². The highest BCUT2D eigenvalue weighted by Gasteiger charge is 2.46. The van der Waals surface area contributed by atoms with Gasteiger partial charge >= 0.3 is 0 Å². The Morgan fingerprint density at radius 2 is 1.77 bits per heavy atom. The minimum Gasteiger partial charge on any atom is -0.507 e. The van der Waals surface area contributed by atoms with Gasteiger partial charge in [0.15, 0.2) is 0 Å². The highest BCUT2D eigenvalue weighted by Crippen LogP contribution is 2.40. The average molecular weight is 403 g/mol. The number of carbonyl (C=O) groups is 2. The molecule has 6 nitrogen and oxygen atoms in total. The van der Waals surface area contributed by atoms with E-state index in [0.29, 0.717) is 29.2 Å². The van der Waals surface area contributed by atoms with Crippen LogP contribution in [-0.4, -0.2) is 28.3 Å². The van der Waals surface area contributed by atoms with Gasteiger partial charge in [0.25, 0.3) is 11.7 Å². The summed E-state index contributed by atoms with van der Waals surface area (Å²) in [7, 11) is 0. The maximum atomic E-state index is 12.9. The first-order valence-electron chi connectivity index (χ1n) is 9.69. The van der Waals surface area contributed by atoms with E-state index in [1.807, 2.05) is 13.0 Å². The minimum absolute atomic E-state index is 0.0573. The van der Waals surface area contributed by atoms with Crippen LogP contribution in [0.4, 0.5) is 0 Å². The lowest BCUT2D eigenvalue weighted by Gasteiger charge is -2.24. The molecule has 0 aliphatic carbocycles. The molecule has 1 aliphatic rings. The molecule has 3 aromatic rings. The van der Waals surface area contributed by atoms with Crippen molar-refractivity contribution in [3.63, 3.8) is 0 Å². The zero-order valence-corrected chi connectivity index (χ0v) is 16.4. The molecule has 2 heterocycles. The third-order valence-corrected chi connectivity index (χ3v) is 5.00. The summed E-state index contributed by atoms with van der Waals surface area (Å²) in [5.74, 6) is -0.362. The molecule has 1 aliphatic heterocycles. The van der Waals surface area contributed by atoms with Crippen LogP contribution in [0.25, 0.3) is 5.76 Å². The van der Waals surface area contributed by atoms with E-state index in [1.54, 1.807) is 60.7 Å². The van der Waals surface area contributed by atoms with Crippen LogP contribution >= 0.6 is 0 Å². The molecule has 30 heavy (non-hydrogen) atoms. The Morgan fingerprint density at radius 1 is 1.03 bits per heavy atom. The molecule has 0 bridgehead atoms. The van der Waals surface area contributed by atoms with Crippen molar-refractivity contribution in [1.82, 2.24) is 4.90 Å². The van der Waals surface area contributed by atoms with Gasteiger partial charge in [-0.1, -0.05) is 42.5 Å². The van der Waals surface area contributed by atoms with Crippen molar-refractivity contribution in [2.45, 2.75) is 19.5 Å². The lowest BCUT2D eigenvalue weighted by molar-refractivity contribution is -0.140. The normalized spacial score (nSPS) is 18.0. The van der Waals surface area contributed by atoms with Gasteiger partial charge in [0.2, 0.25) is 0 Å². The van der Waals surface area contributed by atoms with Crippen LogP contribution in [0.5, 0.6) is 5.75 Å². The monoisotopic (exact) mass is 403 g/mol. The number of aliphatic hydroxyl groups is 1. The van der Waals surface area contributed by atoms with E-state index in [1.165, 1.54) is 11.2 Å². The molecule has 1 N–H and O–H groups in total. The van der Waals surface area contributed by atoms with Gasteiger partial charge in [-0.3, -0.25) is 9.59 Å². The van der Waals surface area contributed by atoms with Crippen LogP contribution < -0.4 is 4.74 Å². The van der Waals surface area contributed by atoms with Gasteiger partial charge in [-0.05, 0) is 36.8 Å². The first kappa shape index (κ1) is 19.5. The topological polar surface area (TPSA) is 80.0 Å². The second-order valence-electron chi connectivity index (χ2n) is 6.87. The number of hydrogen-bond donors (Lipinski definition) is 1. The van der Waals surface area contributed by atoms with Gasteiger partial charge in [-0.25, -0.2) is 0 Å². The van der Waals surface area contributed by atoms with Crippen molar-refractivity contribution in [2.24, 2.45) is 0 Å². The predicted octanol–water partition coefficient (Wildman–Crippen LogP) is 4.30. The van der Waals surface area contributed by atoms with E-state index >= 15 is 0 Å². The SMILES string of the molecule is CCOc1ccc(C2/C(=C(/O)c3ccccc3)C(=O)C(=O)N2Cc2ccco2)cc1. The number of benzene rings is 2. The smallest absolute Gasteiger partial charge is 0.296 e. The Labute approximate surface area is 174 Å². The van der Waals surface area contributed by atoms with Crippen LogP contribution in [0.1, 0.15) is 29.9 Å². The number of likely N-dealkylation sites (tertiary alicyclic amines) is 1. The zero-order chi connectivity index (χ0) is 21.1. The van der Waals surface area contributed by atoms with Crippen LogP contribution in [0, 0.1) is 0 Å². The molecular weight excluding hydrogens is 382 g/mol. The molecule has 1 saturated heterocycles. The average Bonchev–Trinajstić information content (AvgIpc) is 3.37. The standard InChI is InChI=1S/C24H21NO5/c1-2-29-18-12-10-16(11-13-18)21-20(22(26)17-7-4-3-5-8-17)23(27)24(28)25(21)15-19-9-6-14-30-19/h3-14,21,26H,2,15H2,1H3/b22-20-. The van der Waals surface area contributed by atoms with Crippen molar-refractivity contribution in [2.75, 3.05) is 6.61 Å². The van der Waals surface area contributed by atoms with Gasteiger partial charge in [-0.15, -0.1) is 0 Å². The summed E-state index contributed by atoms with van der Waals surface area (Å²) in [5, 5.41) is 11.0. The molecule has 1 atom stereocenters. The quantitative estimate of drug-likeness (QED) is 0.377. The van der Waals surface area contributed by atoms with Crippen LogP contribution in [0.3, 0.4) is 0 Å². The third-order valence-electron chi connectivity index (χ3n) is 5.00. The van der Waals surface area contributed by atoms with Crippen molar-refractivity contribution in [1.29, 1.82) is 0 Å². The van der Waals surface area contributed by atoms with E-state index < -0.39 is 17.7 Å². The van der Waals surface area contributed by atoms with Gasteiger partial charge in [0.1, 0.15) is 17.3 Å². The fourth-order valence-electron chi connectivity index (χ4n) is 3.62. The van der Waals surface area contributed by atoms with Gasteiger partial charge in [-0.2, -0.15) is 0 Å². The lowest BCUT2D eigenvalue weighted by Crippen LogP contribution is -2.29. The molecule has 152 valence electrons. The number of aliphatic hydroxyl groups excluding tert-OH is 1. The molecule has 6 heteroatoms. The molecule has 1 aromatic heterocycles. The Kier molecular flexibility index (Phi) is 5.39. The molecule has 1 amide bonds. The summed E-state index contributed by atoms with van der Waals surface area (Å²) in [6, 6.07) is 18.6. The lowest BCUT2D eigenvalue weighted by atomic mass is 9.95. The zero-order valence-electron chi connectivity index (χ0n) is 16.4. The van der Waals surface area contributed by atoms with E-state index in [0.717, 1.165) is 0 Å². The van der Waals surface area contributed by atoms with E-state index in [4.69, 9.17) is 9.15 Å². The Hall–Kier alpha value is -3.80. The van der Waals surface area contributed by atoms with Crippen molar-refractivity contribution in [3.8, 4) is 5.75 Å². The molecule has 1 unspecified atom stereocenters. The van der Waals surface area contributed by atoms with Gasteiger partial charge < -0.3 is 19.2 Å². The Bertz CT molecular complexity index is 1070. The highest BCUT2D eigenvalue weighted by molar-refractivity contribution is 6.46. The molecule has 0 radical (unpaired) electrons. The number of ether oxygens (including phenoxy) is 1. The second-order valence-corrected chi connectivity index (χ2v) is 6.87. The van der Waals surface area contributed by atoms with E-state index in [2.05, 4.69) is 0 Å². The van der Waals surface area contributed by atoms with Gasteiger partial charge in [0, 0.05) is 5.56 Å². The van der Waals surface area contributed by atoms with Crippen LogP contribution in [0.15, 0.2) is 83.0 Å². The summed E-state index contributed by atoms with van der Waals surface area (Å²) >= 11 is 0. The summed E-state index contributed by atoms with van der Waals surface area (Å²) in [4.78, 5) is 27.3. The van der Waals surface area contributed by atoms with Crippen LogP contribution in [0.2, 0.25) is 0 Å². The first-order chi connectivity index (χ1) is 14.6. The number of carbonyl (C=O) groups excluding carboxylic acids is 2. The maximum absolute atomic E-state index is 12.9. The summed E-state index contributed by atoms with van der Waals surface area (Å²) < 4.78 is 10.9.